The molecule has 3 rings (SSSR count). The zero-order valence-electron chi connectivity index (χ0n) is 21.2. The lowest BCUT2D eigenvalue weighted by molar-refractivity contribution is 0.0827. The molecule has 0 fully saturated rings. The lowest BCUT2D eigenvalue weighted by Gasteiger charge is -2.25. The van der Waals surface area contributed by atoms with Crippen LogP contribution in [-0.4, -0.2) is 74.6 Å². The summed E-state index contributed by atoms with van der Waals surface area (Å²) in [5.41, 5.74) is 1.73. The van der Waals surface area contributed by atoms with Crippen LogP contribution in [0.25, 0.3) is 0 Å². The van der Waals surface area contributed by atoms with E-state index in [0.717, 1.165) is 40.8 Å². The Morgan fingerprint density at radius 2 is 1.73 bits per heavy atom. The zero-order chi connectivity index (χ0) is 27.2. The van der Waals surface area contributed by atoms with Crippen molar-refractivity contribution in [2.75, 3.05) is 45.6 Å². The number of nitrogens with zero attached hydrogens (tertiary/aromatic N) is 5. The van der Waals surface area contributed by atoms with Gasteiger partial charge in [-0.25, -0.2) is 8.42 Å². The molecular weight excluding hydrogens is 512 g/mol. The highest BCUT2D eigenvalue weighted by Crippen LogP contribution is 2.38. The maximum Gasteiger partial charge on any atom is 0.256 e. The van der Waals surface area contributed by atoms with Crippen LogP contribution in [0.5, 0.6) is 0 Å². The average molecular weight is 543 g/mol. The number of nitrogens with one attached hydrogen (secondary N) is 1. The van der Waals surface area contributed by atoms with Crippen molar-refractivity contribution < 1.29 is 18.0 Å². The molecule has 0 radical (unpaired) electrons. The minimum absolute atomic E-state index is 0.0000434. The van der Waals surface area contributed by atoms with Gasteiger partial charge in [0.1, 0.15) is 5.00 Å². The van der Waals surface area contributed by atoms with E-state index in [9.17, 15) is 18.0 Å². The maximum absolute atomic E-state index is 13.1. The second-order valence-electron chi connectivity index (χ2n) is 8.73. The van der Waals surface area contributed by atoms with Gasteiger partial charge < -0.3 is 10.2 Å². The van der Waals surface area contributed by atoms with Crippen LogP contribution in [0.2, 0.25) is 0 Å². The predicted octanol–water partition coefficient (Wildman–Crippen LogP) is 2.90. The summed E-state index contributed by atoms with van der Waals surface area (Å²) in [7, 11) is -0.587. The van der Waals surface area contributed by atoms with Crippen molar-refractivity contribution in [3.8, 4) is 12.1 Å². The normalized spacial score (nSPS) is 13.5. The molecule has 1 aromatic carbocycles. The Balaban J connectivity index is 1.85. The quantitative estimate of drug-likeness (QED) is 0.487. The second kappa shape index (κ2) is 12.3. The molecule has 1 aliphatic heterocycles. The van der Waals surface area contributed by atoms with E-state index in [1.54, 1.807) is 14.1 Å². The van der Waals surface area contributed by atoms with Crippen molar-refractivity contribution >= 4 is 38.2 Å². The standard InChI is InChI=1S/C25H30N6O4S2/c1-4-30-16-11-20-21(17-30)36-24(22(20)25(33)29(2)3)28-23(32)18-7-9-19(10-8-18)37(34,35)31(14-5-12-26)15-6-13-27/h7-10H,4-6,11,14-17H2,1-3H3,(H,28,32). The van der Waals surface area contributed by atoms with Crippen molar-refractivity contribution in [2.24, 2.45) is 0 Å². The number of likely N-dealkylation sites (N-methyl/N-ethyl adjacent to an activating group) is 1. The molecule has 2 heterocycles. The highest BCUT2D eigenvalue weighted by atomic mass is 32.2. The molecule has 0 unspecified atom stereocenters. The minimum Gasteiger partial charge on any atom is -0.345 e. The number of rotatable bonds is 10. The summed E-state index contributed by atoms with van der Waals surface area (Å²) < 4.78 is 27.2. The molecule has 2 amide bonds. The number of carbonyl (C=O) groups excluding carboxylic acids is 2. The number of carbonyl (C=O) groups is 2. The largest absolute Gasteiger partial charge is 0.345 e. The summed E-state index contributed by atoms with van der Waals surface area (Å²) >= 11 is 1.40. The molecule has 0 saturated heterocycles. The Morgan fingerprint density at radius 3 is 2.27 bits per heavy atom. The summed E-state index contributed by atoms with van der Waals surface area (Å²) in [6, 6.07) is 9.33. The molecule has 10 nitrogen and oxygen atoms in total. The first-order valence-electron chi connectivity index (χ1n) is 11.9. The number of anilines is 1. The fraction of sp³-hybridized carbons (Fsp3) is 0.440. The Kier molecular flexibility index (Phi) is 9.40. The van der Waals surface area contributed by atoms with Gasteiger partial charge in [-0.1, -0.05) is 6.92 Å². The van der Waals surface area contributed by atoms with Crippen LogP contribution in [0.4, 0.5) is 5.00 Å². The molecular formula is C25H30N6O4S2. The van der Waals surface area contributed by atoms with Gasteiger partial charge in [0.05, 0.1) is 22.6 Å². The molecule has 37 heavy (non-hydrogen) atoms. The van der Waals surface area contributed by atoms with Crippen LogP contribution in [0.1, 0.15) is 50.9 Å². The maximum atomic E-state index is 13.1. The van der Waals surface area contributed by atoms with Crippen LogP contribution < -0.4 is 5.32 Å². The van der Waals surface area contributed by atoms with Crippen LogP contribution in [0.15, 0.2) is 29.2 Å². The van der Waals surface area contributed by atoms with E-state index in [-0.39, 0.29) is 42.3 Å². The third-order valence-electron chi connectivity index (χ3n) is 6.13. The summed E-state index contributed by atoms with van der Waals surface area (Å²) in [5.74, 6) is -0.623. The molecule has 0 saturated carbocycles. The van der Waals surface area contributed by atoms with E-state index in [0.29, 0.717) is 10.6 Å². The van der Waals surface area contributed by atoms with Crippen molar-refractivity contribution in [1.29, 1.82) is 10.5 Å². The molecule has 1 aromatic heterocycles. The van der Waals surface area contributed by atoms with Crippen molar-refractivity contribution in [2.45, 2.75) is 37.6 Å². The van der Waals surface area contributed by atoms with Gasteiger partial charge in [0.2, 0.25) is 10.0 Å². The fourth-order valence-electron chi connectivity index (χ4n) is 4.07. The van der Waals surface area contributed by atoms with Gasteiger partial charge in [-0.2, -0.15) is 14.8 Å². The van der Waals surface area contributed by atoms with Gasteiger partial charge in [-0.05, 0) is 42.8 Å². The van der Waals surface area contributed by atoms with Gasteiger partial charge in [0, 0.05) is 63.6 Å². The number of sulfonamides is 1. The number of amides is 2. The SMILES string of the molecule is CCN1CCc2c(sc(NC(=O)c3ccc(S(=O)(=O)N(CCC#N)CCC#N)cc3)c2C(=O)N(C)C)C1. The number of benzene rings is 1. The Morgan fingerprint density at radius 1 is 1.11 bits per heavy atom. The van der Waals surface area contributed by atoms with Gasteiger partial charge >= 0.3 is 0 Å². The lowest BCUT2D eigenvalue weighted by atomic mass is 10.0. The minimum atomic E-state index is -3.94. The molecule has 1 aliphatic rings. The van der Waals surface area contributed by atoms with Crippen LogP contribution in [0, 0.1) is 22.7 Å². The molecule has 0 spiro atoms. The number of thiophene rings is 1. The molecule has 2 aromatic rings. The van der Waals surface area contributed by atoms with Crippen LogP contribution in [-0.2, 0) is 23.0 Å². The predicted molar refractivity (Wildman–Crippen MR) is 141 cm³/mol. The summed E-state index contributed by atoms with van der Waals surface area (Å²) in [4.78, 5) is 30.9. The van der Waals surface area contributed by atoms with Crippen molar-refractivity contribution in [3.63, 3.8) is 0 Å². The summed E-state index contributed by atoms with van der Waals surface area (Å²) in [6.07, 6.45) is 0.727. The van der Waals surface area contributed by atoms with Crippen molar-refractivity contribution in [3.05, 3.63) is 45.8 Å². The van der Waals surface area contributed by atoms with E-state index in [1.165, 1.54) is 40.5 Å². The zero-order valence-corrected chi connectivity index (χ0v) is 22.8. The van der Waals surface area contributed by atoms with E-state index < -0.39 is 15.9 Å². The first-order valence-corrected chi connectivity index (χ1v) is 14.1. The highest BCUT2D eigenvalue weighted by Gasteiger charge is 2.29. The van der Waals surface area contributed by atoms with E-state index in [1.807, 2.05) is 12.1 Å². The van der Waals surface area contributed by atoms with Crippen LogP contribution in [0.3, 0.4) is 0 Å². The highest BCUT2D eigenvalue weighted by molar-refractivity contribution is 7.89. The Hall–Kier alpha value is -3.29. The first-order chi connectivity index (χ1) is 17.6. The molecule has 0 atom stereocenters. The number of fused-ring (bicyclic) bond motifs is 1. The third-order valence-corrected chi connectivity index (χ3v) is 9.18. The van der Waals surface area contributed by atoms with Gasteiger partial charge in [-0.15, -0.1) is 11.3 Å². The van der Waals surface area contributed by atoms with Gasteiger partial charge in [0.15, 0.2) is 0 Å². The lowest BCUT2D eigenvalue weighted by Crippen LogP contribution is -2.32. The number of nitriles is 2. The molecule has 12 heteroatoms. The van der Waals surface area contributed by atoms with Crippen molar-refractivity contribution in [1.82, 2.24) is 14.1 Å². The Labute approximate surface area is 221 Å². The second-order valence-corrected chi connectivity index (χ2v) is 11.8. The summed E-state index contributed by atoms with van der Waals surface area (Å²) in [5, 5.41) is 21.1. The molecule has 0 bridgehead atoms. The Bertz CT molecular complexity index is 1320. The monoisotopic (exact) mass is 542 g/mol. The van der Waals surface area contributed by atoms with E-state index in [2.05, 4.69) is 17.1 Å². The molecule has 0 aliphatic carbocycles. The first kappa shape index (κ1) is 28.3. The average Bonchev–Trinajstić information content (AvgIpc) is 3.24. The summed E-state index contributed by atoms with van der Waals surface area (Å²) in [6.45, 7) is 4.50. The topological polar surface area (TPSA) is 138 Å². The number of hydrogen-bond donors (Lipinski definition) is 1. The molecule has 196 valence electrons. The van der Waals surface area contributed by atoms with E-state index in [4.69, 9.17) is 10.5 Å². The number of hydrogen-bond acceptors (Lipinski definition) is 8. The van der Waals surface area contributed by atoms with E-state index >= 15 is 0 Å². The van der Waals surface area contributed by atoms with Gasteiger partial charge in [-0.3, -0.25) is 14.5 Å². The van der Waals surface area contributed by atoms with Gasteiger partial charge in [0.25, 0.3) is 11.8 Å². The smallest absolute Gasteiger partial charge is 0.256 e. The molecule has 1 N–H and O–H groups in total. The fourth-order valence-corrected chi connectivity index (χ4v) is 6.79. The van der Waals surface area contributed by atoms with Crippen LogP contribution >= 0.6 is 11.3 Å². The third kappa shape index (κ3) is 6.35.